The first-order valence-electron chi connectivity index (χ1n) is 8.62. The second-order valence-electron chi connectivity index (χ2n) is 6.64. The van der Waals surface area contributed by atoms with E-state index in [9.17, 15) is 14.0 Å². The molecule has 0 aliphatic carbocycles. The lowest BCUT2D eigenvalue weighted by Crippen LogP contribution is -2.49. The molecule has 2 atom stereocenters. The van der Waals surface area contributed by atoms with Crippen molar-refractivity contribution in [2.75, 3.05) is 5.75 Å². The Hall–Kier alpha value is -2.05. The van der Waals surface area contributed by atoms with Crippen LogP contribution in [0, 0.1) is 5.82 Å². The van der Waals surface area contributed by atoms with Crippen LogP contribution in [0.4, 0.5) is 4.39 Å². The van der Waals surface area contributed by atoms with Crippen LogP contribution >= 0.6 is 23.4 Å². The van der Waals surface area contributed by atoms with Gasteiger partial charge >= 0.3 is 0 Å². The summed E-state index contributed by atoms with van der Waals surface area (Å²) in [5.41, 5.74) is 1.24. The van der Waals surface area contributed by atoms with Gasteiger partial charge in [-0.05, 0) is 55.8 Å². The zero-order valence-corrected chi connectivity index (χ0v) is 16.6. The van der Waals surface area contributed by atoms with E-state index in [2.05, 4.69) is 5.32 Å². The summed E-state index contributed by atoms with van der Waals surface area (Å²) >= 11 is 7.42. The Labute approximate surface area is 167 Å². The fourth-order valence-corrected chi connectivity index (χ4v) is 4.52. The molecule has 1 aliphatic rings. The van der Waals surface area contributed by atoms with Crippen molar-refractivity contribution in [2.45, 2.75) is 31.3 Å². The molecule has 1 N–H and O–H groups in total. The average molecular weight is 407 g/mol. The van der Waals surface area contributed by atoms with E-state index in [1.807, 2.05) is 13.8 Å². The highest BCUT2D eigenvalue weighted by Crippen LogP contribution is 2.42. The summed E-state index contributed by atoms with van der Waals surface area (Å²) in [4.78, 5) is 27.5. The maximum atomic E-state index is 13.3. The molecule has 0 unspecified atom stereocenters. The van der Waals surface area contributed by atoms with Gasteiger partial charge in [0.15, 0.2) is 0 Å². The van der Waals surface area contributed by atoms with Crippen molar-refractivity contribution in [1.29, 1.82) is 0 Å². The van der Waals surface area contributed by atoms with Crippen molar-refractivity contribution in [1.82, 2.24) is 10.2 Å². The first-order valence-corrected chi connectivity index (χ1v) is 10.0. The van der Waals surface area contributed by atoms with Crippen LogP contribution in [0.3, 0.4) is 0 Å². The Balaban J connectivity index is 1.95. The van der Waals surface area contributed by atoms with Gasteiger partial charge in [0.2, 0.25) is 5.91 Å². The predicted octanol–water partition coefficient (Wildman–Crippen LogP) is 4.26. The van der Waals surface area contributed by atoms with Crippen LogP contribution in [0.1, 0.15) is 35.1 Å². The zero-order valence-electron chi connectivity index (χ0n) is 15.0. The smallest absolute Gasteiger partial charge is 0.255 e. The summed E-state index contributed by atoms with van der Waals surface area (Å²) < 4.78 is 13.3. The average Bonchev–Trinajstić information content (AvgIpc) is 3.07. The van der Waals surface area contributed by atoms with Gasteiger partial charge in [-0.15, -0.1) is 11.8 Å². The largest absolute Gasteiger partial charge is 0.352 e. The van der Waals surface area contributed by atoms with Gasteiger partial charge < -0.3 is 10.2 Å². The summed E-state index contributed by atoms with van der Waals surface area (Å²) in [7, 11) is 0. The van der Waals surface area contributed by atoms with Gasteiger partial charge in [0, 0.05) is 22.4 Å². The number of amides is 2. The van der Waals surface area contributed by atoms with Gasteiger partial charge in [0.05, 0.1) is 0 Å². The van der Waals surface area contributed by atoms with Crippen LogP contribution in [-0.2, 0) is 4.79 Å². The number of nitrogens with zero attached hydrogens (tertiary/aromatic N) is 1. The Morgan fingerprint density at radius 2 is 1.78 bits per heavy atom. The maximum Gasteiger partial charge on any atom is 0.255 e. The van der Waals surface area contributed by atoms with E-state index >= 15 is 0 Å². The summed E-state index contributed by atoms with van der Waals surface area (Å²) in [6, 6.07) is 12.0. The third-order valence-electron chi connectivity index (χ3n) is 4.21. The third kappa shape index (κ3) is 4.45. The molecular formula is C20H20ClFN2O2S. The van der Waals surface area contributed by atoms with Crippen LogP contribution in [0.5, 0.6) is 0 Å². The summed E-state index contributed by atoms with van der Waals surface area (Å²) in [6.07, 6.45) is 0. The number of halogens is 2. The minimum Gasteiger partial charge on any atom is -0.352 e. The topological polar surface area (TPSA) is 49.4 Å². The van der Waals surface area contributed by atoms with Crippen molar-refractivity contribution in [3.05, 3.63) is 70.5 Å². The molecule has 0 radical (unpaired) electrons. The summed E-state index contributed by atoms with van der Waals surface area (Å²) in [5, 5.41) is 3.05. The van der Waals surface area contributed by atoms with E-state index < -0.39 is 6.04 Å². The number of thioether (sulfide) groups is 1. The van der Waals surface area contributed by atoms with Crippen molar-refractivity contribution in [2.24, 2.45) is 0 Å². The molecule has 3 rings (SSSR count). The van der Waals surface area contributed by atoms with E-state index in [4.69, 9.17) is 11.6 Å². The summed E-state index contributed by atoms with van der Waals surface area (Å²) in [6.45, 7) is 3.76. The van der Waals surface area contributed by atoms with Crippen molar-refractivity contribution < 1.29 is 14.0 Å². The second kappa shape index (κ2) is 8.31. The predicted molar refractivity (Wildman–Crippen MR) is 106 cm³/mol. The lowest BCUT2D eigenvalue weighted by molar-refractivity contribution is -0.125. The van der Waals surface area contributed by atoms with Gasteiger partial charge in [-0.1, -0.05) is 23.7 Å². The molecule has 1 fully saturated rings. The lowest BCUT2D eigenvalue weighted by Gasteiger charge is -2.29. The highest BCUT2D eigenvalue weighted by atomic mass is 35.5. The molecule has 4 nitrogen and oxygen atoms in total. The molecular weight excluding hydrogens is 387 g/mol. The highest BCUT2D eigenvalue weighted by Gasteiger charge is 2.42. The van der Waals surface area contributed by atoms with E-state index in [1.165, 1.54) is 23.9 Å². The molecule has 2 aromatic carbocycles. The first-order chi connectivity index (χ1) is 12.9. The van der Waals surface area contributed by atoms with Crippen molar-refractivity contribution in [3.8, 4) is 0 Å². The minimum atomic E-state index is -0.601. The Morgan fingerprint density at radius 1 is 1.15 bits per heavy atom. The molecule has 1 saturated heterocycles. The number of rotatable bonds is 4. The lowest BCUT2D eigenvalue weighted by atomic mass is 10.1. The number of hydrogen-bond donors (Lipinski definition) is 1. The van der Waals surface area contributed by atoms with Crippen molar-refractivity contribution >= 4 is 35.2 Å². The molecule has 0 spiro atoms. The van der Waals surface area contributed by atoms with Crippen LogP contribution in [0.15, 0.2) is 48.5 Å². The standard InChI is InChI=1S/C20H20ClFN2O2S/c1-12(2)23-18(25)17-11-27-20(14-5-9-16(22)10-6-14)24(17)19(26)13-3-7-15(21)8-4-13/h3-10,12,17,20H,11H2,1-2H3,(H,23,25)/t17-,20-/m0/s1. The number of carbonyl (C=O) groups excluding carboxylic acids is 2. The highest BCUT2D eigenvalue weighted by molar-refractivity contribution is 7.99. The normalized spacial score (nSPS) is 19.4. The summed E-state index contributed by atoms with van der Waals surface area (Å²) in [5.74, 6) is -0.314. The van der Waals surface area contributed by atoms with Crippen LogP contribution in [0.2, 0.25) is 5.02 Å². The van der Waals surface area contributed by atoms with Crippen molar-refractivity contribution in [3.63, 3.8) is 0 Å². The monoisotopic (exact) mass is 406 g/mol. The van der Waals surface area contributed by atoms with Gasteiger partial charge in [0.25, 0.3) is 5.91 Å². The molecule has 2 aromatic rings. The molecule has 0 saturated carbocycles. The fraction of sp³-hybridized carbons (Fsp3) is 0.300. The van der Waals surface area contributed by atoms with Crippen LogP contribution in [0.25, 0.3) is 0 Å². The molecule has 1 aliphatic heterocycles. The van der Waals surface area contributed by atoms with E-state index in [1.54, 1.807) is 41.3 Å². The Morgan fingerprint density at radius 3 is 2.37 bits per heavy atom. The van der Waals surface area contributed by atoms with Gasteiger partial charge in [-0.2, -0.15) is 0 Å². The SMILES string of the molecule is CC(C)NC(=O)[C@@H]1CS[C@@H](c2ccc(F)cc2)N1C(=O)c1ccc(Cl)cc1. The van der Waals surface area contributed by atoms with E-state index in [0.717, 1.165) is 5.56 Å². The molecule has 0 aromatic heterocycles. The molecule has 1 heterocycles. The Kier molecular flexibility index (Phi) is 6.07. The third-order valence-corrected chi connectivity index (χ3v) is 5.79. The number of hydrogen-bond acceptors (Lipinski definition) is 3. The fourth-order valence-electron chi connectivity index (χ4n) is 2.96. The second-order valence-corrected chi connectivity index (χ2v) is 8.19. The number of benzene rings is 2. The van der Waals surface area contributed by atoms with Crippen LogP contribution in [-0.4, -0.2) is 34.6 Å². The zero-order chi connectivity index (χ0) is 19.6. The first kappa shape index (κ1) is 19.7. The maximum absolute atomic E-state index is 13.3. The Bertz CT molecular complexity index is 827. The molecule has 2 amide bonds. The quantitative estimate of drug-likeness (QED) is 0.825. The number of nitrogens with one attached hydrogen (secondary N) is 1. The van der Waals surface area contributed by atoms with E-state index in [-0.39, 0.29) is 29.0 Å². The van der Waals surface area contributed by atoms with Crippen LogP contribution < -0.4 is 5.32 Å². The molecule has 0 bridgehead atoms. The van der Waals surface area contributed by atoms with Gasteiger partial charge in [-0.3, -0.25) is 9.59 Å². The minimum absolute atomic E-state index is 0.0279. The molecule has 142 valence electrons. The molecule has 7 heteroatoms. The number of carbonyl (C=O) groups is 2. The van der Waals surface area contributed by atoms with Gasteiger partial charge in [-0.25, -0.2) is 4.39 Å². The van der Waals surface area contributed by atoms with Gasteiger partial charge in [0.1, 0.15) is 17.2 Å². The van der Waals surface area contributed by atoms with E-state index in [0.29, 0.717) is 16.3 Å². The molecule has 27 heavy (non-hydrogen) atoms.